The van der Waals surface area contributed by atoms with Crippen LogP contribution in [0, 0.1) is 0 Å². The molecule has 0 heterocycles. The molecule has 1 atom stereocenters. The molecule has 3 rings (SSSR count). The van der Waals surface area contributed by atoms with Gasteiger partial charge in [0.05, 0.1) is 6.54 Å². The highest BCUT2D eigenvalue weighted by Gasteiger charge is 2.32. The zero-order valence-corrected chi connectivity index (χ0v) is 12.9. The minimum absolute atomic E-state index is 0.00912. The summed E-state index contributed by atoms with van der Waals surface area (Å²) in [5.41, 5.74) is 0.919. The van der Waals surface area contributed by atoms with E-state index >= 15 is 0 Å². The van der Waals surface area contributed by atoms with Gasteiger partial charge < -0.3 is 10.6 Å². The number of amides is 2. The summed E-state index contributed by atoms with van der Waals surface area (Å²) >= 11 is 0. The summed E-state index contributed by atoms with van der Waals surface area (Å²) in [6, 6.07) is 9.88. The van der Waals surface area contributed by atoms with Crippen LogP contribution >= 0.6 is 0 Å². The van der Waals surface area contributed by atoms with Gasteiger partial charge in [0, 0.05) is 12.1 Å². The highest BCUT2D eigenvalue weighted by Crippen LogP contribution is 2.24. The number of nitrogens with zero attached hydrogens (tertiary/aromatic N) is 1. The van der Waals surface area contributed by atoms with E-state index < -0.39 is 6.04 Å². The lowest BCUT2D eigenvalue weighted by Gasteiger charge is -2.27. The molecule has 118 valence electrons. The van der Waals surface area contributed by atoms with Crippen LogP contribution in [-0.2, 0) is 9.59 Å². The Morgan fingerprint density at radius 2 is 1.68 bits per heavy atom. The van der Waals surface area contributed by atoms with Crippen LogP contribution in [0.3, 0.4) is 0 Å². The van der Waals surface area contributed by atoms with E-state index in [1.165, 1.54) is 0 Å². The van der Waals surface area contributed by atoms with Gasteiger partial charge in [-0.25, -0.2) is 0 Å². The summed E-state index contributed by atoms with van der Waals surface area (Å²) < 4.78 is 0. The molecule has 5 nitrogen and oxygen atoms in total. The van der Waals surface area contributed by atoms with Crippen molar-refractivity contribution in [1.29, 1.82) is 0 Å². The zero-order valence-electron chi connectivity index (χ0n) is 12.9. The Balaban J connectivity index is 1.68. The van der Waals surface area contributed by atoms with E-state index in [1.807, 2.05) is 42.3 Å². The second kappa shape index (κ2) is 6.48. The van der Waals surface area contributed by atoms with Crippen molar-refractivity contribution in [2.75, 3.05) is 13.6 Å². The van der Waals surface area contributed by atoms with Gasteiger partial charge in [0.25, 0.3) is 0 Å². The number of rotatable bonds is 7. The molecule has 2 amide bonds. The molecule has 2 saturated carbocycles. The van der Waals surface area contributed by atoms with Crippen molar-refractivity contribution < 1.29 is 9.59 Å². The molecule has 2 fully saturated rings. The number of hydrogen-bond donors (Lipinski definition) is 2. The molecule has 22 heavy (non-hydrogen) atoms. The maximum Gasteiger partial charge on any atom is 0.242 e. The number of carbonyl (C=O) groups excluding carboxylic acids is 2. The fraction of sp³-hybridized carbons (Fsp3) is 0.529. The first-order valence-corrected chi connectivity index (χ1v) is 7.98. The van der Waals surface area contributed by atoms with Gasteiger partial charge in [0.2, 0.25) is 11.8 Å². The molecule has 0 aliphatic heterocycles. The van der Waals surface area contributed by atoms with E-state index in [2.05, 4.69) is 10.6 Å². The zero-order chi connectivity index (χ0) is 15.5. The van der Waals surface area contributed by atoms with Crippen LogP contribution in [0.5, 0.6) is 0 Å². The van der Waals surface area contributed by atoms with Crippen molar-refractivity contribution in [2.24, 2.45) is 0 Å². The largest absolute Gasteiger partial charge is 0.352 e. The van der Waals surface area contributed by atoms with Gasteiger partial charge in [0.1, 0.15) is 6.04 Å². The van der Waals surface area contributed by atoms with Crippen molar-refractivity contribution in [1.82, 2.24) is 15.5 Å². The lowest BCUT2D eigenvalue weighted by Crippen LogP contribution is -2.44. The van der Waals surface area contributed by atoms with Crippen LogP contribution in [0.2, 0.25) is 0 Å². The van der Waals surface area contributed by atoms with Gasteiger partial charge in [-0.05, 0) is 38.3 Å². The highest BCUT2D eigenvalue weighted by molar-refractivity contribution is 5.85. The Kier molecular flexibility index (Phi) is 4.43. The molecule has 1 aromatic carbocycles. The second-order valence-electron chi connectivity index (χ2n) is 6.35. The van der Waals surface area contributed by atoms with Gasteiger partial charge in [-0.3, -0.25) is 14.5 Å². The Morgan fingerprint density at radius 3 is 2.27 bits per heavy atom. The topological polar surface area (TPSA) is 61.4 Å². The standard InChI is InChI=1S/C17H23N3O2/c1-20(11-15(21)18-13-7-8-13)16(12-5-3-2-4-6-12)17(22)19-14-9-10-14/h2-6,13-14,16H,7-11H2,1H3,(H,18,21)(H,19,22). The fourth-order valence-corrected chi connectivity index (χ4v) is 2.57. The summed E-state index contributed by atoms with van der Waals surface area (Å²) in [6.45, 7) is 0.230. The minimum Gasteiger partial charge on any atom is -0.352 e. The van der Waals surface area contributed by atoms with Crippen molar-refractivity contribution >= 4 is 11.8 Å². The molecule has 0 radical (unpaired) electrons. The number of hydrogen-bond acceptors (Lipinski definition) is 3. The maximum absolute atomic E-state index is 12.6. The monoisotopic (exact) mass is 301 g/mol. The fourth-order valence-electron chi connectivity index (χ4n) is 2.57. The summed E-state index contributed by atoms with van der Waals surface area (Å²) in [6.07, 6.45) is 4.25. The van der Waals surface area contributed by atoms with Crippen LogP contribution in [-0.4, -0.2) is 42.4 Å². The van der Waals surface area contributed by atoms with Crippen LogP contribution in [0.25, 0.3) is 0 Å². The summed E-state index contributed by atoms with van der Waals surface area (Å²) in [5, 5.41) is 6.02. The average molecular weight is 301 g/mol. The molecular formula is C17H23N3O2. The van der Waals surface area contributed by atoms with Gasteiger partial charge >= 0.3 is 0 Å². The van der Waals surface area contributed by atoms with Gasteiger partial charge in [0.15, 0.2) is 0 Å². The Labute approximate surface area is 131 Å². The van der Waals surface area contributed by atoms with Crippen molar-refractivity contribution in [3.63, 3.8) is 0 Å². The Bertz CT molecular complexity index is 538. The minimum atomic E-state index is -0.424. The number of likely N-dealkylation sites (N-methyl/N-ethyl adjacent to an activating group) is 1. The quantitative estimate of drug-likeness (QED) is 0.796. The molecule has 1 aromatic rings. The van der Waals surface area contributed by atoms with E-state index in [1.54, 1.807) is 0 Å². The lowest BCUT2D eigenvalue weighted by atomic mass is 10.0. The molecule has 1 unspecified atom stereocenters. The van der Waals surface area contributed by atoms with E-state index in [4.69, 9.17) is 0 Å². The lowest BCUT2D eigenvalue weighted by molar-refractivity contribution is -0.128. The van der Waals surface area contributed by atoms with Gasteiger partial charge in [-0.2, -0.15) is 0 Å². The predicted molar refractivity (Wildman–Crippen MR) is 84.1 cm³/mol. The third-order valence-corrected chi connectivity index (χ3v) is 4.06. The molecule has 5 heteroatoms. The third-order valence-electron chi connectivity index (χ3n) is 4.06. The van der Waals surface area contributed by atoms with Crippen molar-refractivity contribution in [2.45, 2.75) is 43.8 Å². The first-order chi connectivity index (χ1) is 10.6. The first kappa shape index (κ1) is 15.0. The van der Waals surface area contributed by atoms with Crippen LogP contribution in [0.15, 0.2) is 30.3 Å². The molecule has 2 aliphatic rings. The Hall–Kier alpha value is -1.88. The smallest absolute Gasteiger partial charge is 0.242 e. The molecule has 2 aliphatic carbocycles. The summed E-state index contributed by atoms with van der Waals surface area (Å²) in [5.74, 6) is -0.0272. The maximum atomic E-state index is 12.6. The van der Waals surface area contributed by atoms with Crippen molar-refractivity contribution in [3.05, 3.63) is 35.9 Å². The number of benzene rings is 1. The highest BCUT2D eigenvalue weighted by atomic mass is 16.2. The number of carbonyl (C=O) groups is 2. The van der Waals surface area contributed by atoms with Gasteiger partial charge in [-0.1, -0.05) is 30.3 Å². The van der Waals surface area contributed by atoms with Crippen LogP contribution < -0.4 is 10.6 Å². The molecule has 0 bridgehead atoms. The SMILES string of the molecule is CN(CC(=O)NC1CC1)C(C(=O)NC1CC1)c1ccccc1. The predicted octanol–water partition coefficient (Wildman–Crippen LogP) is 1.22. The van der Waals surface area contributed by atoms with Gasteiger partial charge in [-0.15, -0.1) is 0 Å². The second-order valence-corrected chi connectivity index (χ2v) is 6.35. The molecule has 2 N–H and O–H groups in total. The first-order valence-electron chi connectivity index (χ1n) is 7.98. The third kappa shape index (κ3) is 4.07. The van der Waals surface area contributed by atoms with E-state index in [9.17, 15) is 9.59 Å². The van der Waals surface area contributed by atoms with Crippen LogP contribution in [0.1, 0.15) is 37.3 Å². The van der Waals surface area contributed by atoms with Crippen molar-refractivity contribution in [3.8, 4) is 0 Å². The molecule has 0 saturated heterocycles. The molecule has 0 spiro atoms. The normalized spacial score (nSPS) is 18.8. The summed E-state index contributed by atoms with van der Waals surface area (Å²) in [7, 11) is 1.83. The van der Waals surface area contributed by atoms with E-state index in [0.29, 0.717) is 12.1 Å². The average Bonchev–Trinajstić information content (AvgIpc) is 3.37. The van der Waals surface area contributed by atoms with E-state index in [0.717, 1.165) is 31.2 Å². The molecular weight excluding hydrogens is 278 g/mol. The van der Waals surface area contributed by atoms with E-state index in [-0.39, 0.29) is 18.4 Å². The molecule has 0 aromatic heterocycles. The van der Waals surface area contributed by atoms with Crippen LogP contribution in [0.4, 0.5) is 0 Å². The number of nitrogens with one attached hydrogen (secondary N) is 2. The Morgan fingerprint density at radius 1 is 1.09 bits per heavy atom. The summed E-state index contributed by atoms with van der Waals surface area (Å²) in [4.78, 5) is 26.4.